The lowest BCUT2D eigenvalue weighted by atomic mass is 9.84. The smallest absolute Gasteiger partial charge is 0.255 e. The summed E-state index contributed by atoms with van der Waals surface area (Å²) in [4.78, 5) is 11.6. The predicted molar refractivity (Wildman–Crippen MR) is 48.9 cm³/mol. The van der Waals surface area contributed by atoms with Crippen LogP contribution in [0, 0.1) is 5.41 Å². The van der Waals surface area contributed by atoms with Gasteiger partial charge in [0.1, 0.15) is 0 Å². The van der Waals surface area contributed by atoms with Crippen molar-refractivity contribution in [1.29, 1.82) is 0 Å². The van der Waals surface area contributed by atoms with Gasteiger partial charge >= 0.3 is 0 Å². The lowest BCUT2D eigenvalue weighted by molar-refractivity contribution is -0.131. The highest BCUT2D eigenvalue weighted by Crippen LogP contribution is 2.36. The summed E-state index contributed by atoms with van der Waals surface area (Å²) < 4.78 is 23.7. The Bertz CT molecular complexity index is 223. The van der Waals surface area contributed by atoms with Gasteiger partial charge in [0.2, 0.25) is 5.91 Å². The van der Waals surface area contributed by atoms with Crippen LogP contribution in [-0.2, 0) is 4.79 Å². The van der Waals surface area contributed by atoms with Crippen molar-refractivity contribution < 1.29 is 13.6 Å². The minimum absolute atomic E-state index is 0.208. The van der Waals surface area contributed by atoms with Crippen molar-refractivity contribution in [2.75, 3.05) is 6.54 Å². The molecule has 3 nitrogen and oxygen atoms in total. The molecule has 1 aliphatic rings. The fourth-order valence-corrected chi connectivity index (χ4v) is 1.85. The van der Waals surface area contributed by atoms with E-state index >= 15 is 0 Å². The van der Waals surface area contributed by atoms with Crippen LogP contribution in [0.15, 0.2) is 0 Å². The Hall–Kier alpha value is -0.710. The van der Waals surface area contributed by atoms with Crippen molar-refractivity contribution in [1.82, 2.24) is 5.32 Å². The third-order valence-electron chi connectivity index (χ3n) is 2.97. The van der Waals surface area contributed by atoms with Crippen LogP contribution in [0.25, 0.3) is 0 Å². The second kappa shape index (κ2) is 4.21. The molecule has 0 heterocycles. The normalized spacial score (nSPS) is 32.2. The minimum Gasteiger partial charge on any atom is -0.350 e. The highest BCUT2D eigenvalue weighted by atomic mass is 19.3. The number of carbonyl (C=O) groups excluding carboxylic acids is 1. The molecule has 0 aromatic carbocycles. The molecule has 0 aromatic heterocycles. The standard InChI is InChI=1S/C9H16F2N2O/c1-9(4-2-3-6(9)12)8(14)13-5-7(10)11/h6-7H,2-5,12H2,1H3,(H,13,14). The Morgan fingerprint density at radius 1 is 1.71 bits per heavy atom. The van der Waals surface area contributed by atoms with Crippen LogP contribution in [0.4, 0.5) is 8.78 Å². The summed E-state index contributed by atoms with van der Waals surface area (Å²) in [6, 6.07) is -0.208. The van der Waals surface area contributed by atoms with Gasteiger partial charge in [0.05, 0.1) is 12.0 Å². The number of amides is 1. The molecule has 0 radical (unpaired) electrons. The van der Waals surface area contributed by atoms with Crippen molar-refractivity contribution in [3.05, 3.63) is 0 Å². The summed E-state index contributed by atoms with van der Waals surface area (Å²) in [6.07, 6.45) is -0.137. The molecular weight excluding hydrogens is 190 g/mol. The van der Waals surface area contributed by atoms with Gasteiger partial charge in [-0.05, 0) is 19.8 Å². The van der Waals surface area contributed by atoms with Gasteiger partial charge in [0.25, 0.3) is 6.43 Å². The molecule has 82 valence electrons. The number of halogens is 2. The molecule has 1 saturated carbocycles. The molecule has 2 unspecified atom stereocenters. The first kappa shape index (κ1) is 11.4. The predicted octanol–water partition coefficient (Wildman–Crippen LogP) is 0.885. The molecule has 0 saturated heterocycles. The van der Waals surface area contributed by atoms with Crippen molar-refractivity contribution in [2.24, 2.45) is 11.1 Å². The van der Waals surface area contributed by atoms with E-state index in [1.807, 2.05) is 0 Å². The van der Waals surface area contributed by atoms with Gasteiger partial charge in [-0.25, -0.2) is 8.78 Å². The maximum atomic E-state index is 11.9. The zero-order chi connectivity index (χ0) is 10.8. The van der Waals surface area contributed by atoms with E-state index in [-0.39, 0.29) is 11.9 Å². The number of carbonyl (C=O) groups is 1. The van der Waals surface area contributed by atoms with E-state index in [0.29, 0.717) is 6.42 Å². The van der Waals surface area contributed by atoms with Gasteiger partial charge in [-0.3, -0.25) is 4.79 Å². The van der Waals surface area contributed by atoms with Gasteiger partial charge in [-0.15, -0.1) is 0 Å². The molecule has 1 rings (SSSR count). The monoisotopic (exact) mass is 206 g/mol. The van der Waals surface area contributed by atoms with Gasteiger partial charge in [0, 0.05) is 6.04 Å². The lowest BCUT2D eigenvalue weighted by Crippen LogP contribution is -2.48. The summed E-state index contributed by atoms with van der Waals surface area (Å²) in [5.41, 5.74) is 5.11. The molecule has 5 heteroatoms. The first-order chi connectivity index (χ1) is 6.47. The number of rotatable bonds is 3. The van der Waals surface area contributed by atoms with E-state index < -0.39 is 18.4 Å². The fourth-order valence-electron chi connectivity index (χ4n) is 1.85. The zero-order valence-corrected chi connectivity index (χ0v) is 8.22. The molecular formula is C9H16F2N2O. The summed E-state index contributed by atoms with van der Waals surface area (Å²) in [7, 11) is 0. The van der Waals surface area contributed by atoms with Crippen molar-refractivity contribution in [3.63, 3.8) is 0 Å². The van der Waals surface area contributed by atoms with Gasteiger partial charge in [-0.1, -0.05) is 6.42 Å². The Kier molecular flexibility index (Phi) is 3.42. The van der Waals surface area contributed by atoms with E-state index in [1.54, 1.807) is 6.92 Å². The highest BCUT2D eigenvalue weighted by molar-refractivity contribution is 5.83. The molecule has 2 atom stereocenters. The average Bonchev–Trinajstić information content (AvgIpc) is 2.44. The third-order valence-corrected chi connectivity index (χ3v) is 2.97. The zero-order valence-electron chi connectivity index (χ0n) is 8.22. The molecule has 14 heavy (non-hydrogen) atoms. The quantitative estimate of drug-likeness (QED) is 0.720. The van der Waals surface area contributed by atoms with Crippen LogP contribution in [-0.4, -0.2) is 24.9 Å². The van der Waals surface area contributed by atoms with E-state index in [2.05, 4.69) is 5.32 Å². The molecule has 1 aliphatic carbocycles. The largest absolute Gasteiger partial charge is 0.350 e. The number of nitrogens with one attached hydrogen (secondary N) is 1. The highest BCUT2D eigenvalue weighted by Gasteiger charge is 2.42. The first-order valence-corrected chi connectivity index (χ1v) is 4.79. The van der Waals surface area contributed by atoms with Crippen LogP contribution in [0.3, 0.4) is 0 Å². The first-order valence-electron chi connectivity index (χ1n) is 4.79. The molecule has 1 fully saturated rings. The second-order valence-corrected chi connectivity index (χ2v) is 4.02. The Morgan fingerprint density at radius 3 is 2.79 bits per heavy atom. The average molecular weight is 206 g/mol. The van der Waals surface area contributed by atoms with Crippen LogP contribution < -0.4 is 11.1 Å². The minimum atomic E-state index is -2.50. The van der Waals surface area contributed by atoms with E-state index in [0.717, 1.165) is 12.8 Å². The van der Waals surface area contributed by atoms with Crippen molar-refractivity contribution in [3.8, 4) is 0 Å². The second-order valence-electron chi connectivity index (χ2n) is 4.02. The van der Waals surface area contributed by atoms with E-state index in [4.69, 9.17) is 5.73 Å². The Morgan fingerprint density at radius 2 is 2.36 bits per heavy atom. The summed E-state index contributed by atoms with van der Waals surface area (Å²) >= 11 is 0. The number of hydrogen-bond acceptors (Lipinski definition) is 2. The maximum Gasteiger partial charge on any atom is 0.255 e. The summed E-state index contributed by atoms with van der Waals surface area (Å²) in [6.45, 7) is 1.16. The SMILES string of the molecule is CC1(C(=O)NCC(F)F)CCCC1N. The Labute approximate surface area is 82.0 Å². The summed E-state index contributed by atoms with van der Waals surface area (Å²) in [5.74, 6) is -0.345. The molecule has 0 spiro atoms. The molecule has 1 amide bonds. The van der Waals surface area contributed by atoms with Crippen LogP contribution in [0.5, 0.6) is 0 Å². The fraction of sp³-hybridized carbons (Fsp3) is 0.889. The third kappa shape index (κ3) is 2.20. The number of alkyl halides is 2. The van der Waals surface area contributed by atoms with Crippen molar-refractivity contribution in [2.45, 2.75) is 38.7 Å². The van der Waals surface area contributed by atoms with Gasteiger partial charge in [-0.2, -0.15) is 0 Å². The van der Waals surface area contributed by atoms with Crippen LogP contribution in [0.1, 0.15) is 26.2 Å². The molecule has 0 aromatic rings. The molecule has 0 bridgehead atoms. The lowest BCUT2D eigenvalue weighted by Gasteiger charge is -2.27. The van der Waals surface area contributed by atoms with E-state index in [9.17, 15) is 13.6 Å². The van der Waals surface area contributed by atoms with Gasteiger partial charge < -0.3 is 11.1 Å². The Balaban J connectivity index is 2.50. The molecule has 0 aliphatic heterocycles. The van der Waals surface area contributed by atoms with E-state index in [1.165, 1.54) is 0 Å². The van der Waals surface area contributed by atoms with Crippen LogP contribution in [0.2, 0.25) is 0 Å². The number of hydrogen-bond donors (Lipinski definition) is 2. The molecule has 3 N–H and O–H groups in total. The van der Waals surface area contributed by atoms with Gasteiger partial charge in [0.15, 0.2) is 0 Å². The van der Waals surface area contributed by atoms with Crippen LogP contribution >= 0.6 is 0 Å². The summed E-state index contributed by atoms with van der Waals surface area (Å²) in [5, 5.41) is 2.23. The topological polar surface area (TPSA) is 55.1 Å². The number of nitrogens with two attached hydrogens (primary N) is 1. The maximum absolute atomic E-state index is 11.9. The van der Waals surface area contributed by atoms with Crippen molar-refractivity contribution >= 4 is 5.91 Å².